The summed E-state index contributed by atoms with van der Waals surface area (Å²) in [6, 6.07) is 22.2. The minimum absolute atomic E-state index is 0.688. The molecular formula is C25H26. The third-order valence-electron chi connectivity index (χ3n) is 5.62. The van der Waals surface area contributed by atoms with Gasteiger partial charge in [-0.3, -0.25) is 0 Å². The molecule has 0 N–H and O–H groups in total. The van der Waals surface area contributed by atoms with Crippen LogP contribution in [0.25, 0.3) is 28.0 Å². The second-order valence-corrected chi connectivity index (χ2v) is 7.34. The van der Waals surface area contributed by atoms with Gasteiger partial charge in [-0.25, -0.2) is 0 Å². The molecule has 0 heterocycles. The highest BCUT2D eigenvalue weighted by atomic mass is 14.2. The zero-order valence-electron chi connectivity index (χ0n) is 15.3. The van der Waals surface area contributed by atoms with Crippen LogP contribution >= 0.6 is 0 Å². The Kier molecular flexibility index (Phi) is 4.44. The van der Waals surface area contributed by atoms with Crippen molar-refractivity contribution in [1.82, 2.24) is 0 Å². The summed E-state index contributed by atoms with van der Waals surface area (Å²) in [6.45, 7) is 4.67. The van der Waals surface area contributed by atoms with Gasteiger partial charge in [0.05, 0.1) is 0 Å². The van der Waals surface area contributed by atoms with E-state index in [1.807, 2.05) is 0 Å². The SMILES string of the molecule is CCCCC(C)C1=Cc2c(cccc2-c2cccc3ccccc23)C1. The van der Waals surface area contributed by atoms with E-state index in [1.165, 1.54) is 52.3 Å². The number of unbranched alkanes of at least 4 members (excludes halogenated alkanes) is 1. The van der Waals surface area contributed by atoms with Crippen LogP contribution in [0.3, 0.4) is 0 Å². The smallest absolute Gasteiger partial charge is 0.00549 e. The van der Waals surface area contributed by atoms with Crippen LogP contribution in [0, 0.1) is 5.92 Å². The van der Waals surface area contributed by atoms with Crippen molar-refractivity contribution in [2.24, 2.45) is 5.92 Å². The summed E-state index contributed by atoms with van der Waals surface area (Å²) >= 11 is 0. The van der Waals surface area contributed by atoms with E-state index in [2.05, 4.69) is 80.6 Å². The van der Waals surface area contributed by atoms with Crippen LogP contribution in [0.4, 0.5) is 0 Å². The molecule has 0 radical (unpaired) electrons. The third kappa shape index (κ3) is 3.02. The standard InChI is InChI=1S/C25H26/c1-3-4-9-18(2)21-16-20-12-8-15-24(25(20)17-21)23-14-7-11-19-10-5-6-13-22(19)23/h5-8,10-15,17-18H,3-4,9,16H2,1-2H3. The van der Waals surface area contributed by atoms with Crippen molar-refractivity contribution in [1.29, 1.82) is 0 Å². The Bertz CT molecular complexity index is 924. The van der Waals surface area contributed by atoms with E-state index in [4.69, 9.17) is 0 Å². The minimum Gasteiger partial charge on any atom is -0.0654 e. The fourth-order valence-corrected chi connectivity index (χ4v) is 4.10. The number of rotatable bonds is 5. The molecule has 1 unspecified atom stereocenters. The van der Waals surface area contributed by atoms with E-state index < -0.39 is 0 Å². The Morgan fingerprint density at radius 2 is 1.64 bits per heavy atom. The van der Waals surface area contributed by atoms with Crippen LogP contribution in [-0.2, 0) is 6.42 Å². The van der Waals surface area contributed by atoms with Crippen LogP contribution < -0.4 is 0 Å². The number of fused-ring (bicyclic) bond motifs is 2. The molecule has 0 aliphatic heterocycles. The molecule has 0 nitrogen and oxygen atoms in total. The van der Waals surface area contributed by atoms with Gasteiger partial charge < -0.3 is 0 Å². The summed E-state index contributed by atoms with van der Waals surface area (Å²) in [6.07, 6.45) is 7.52. The maximum absolute atomic E-state index is 2.48. The van der Waals surface area contributed by atoms with Crippen molar-refractivity contribution in [2.45, 2.75) is 39.5 Å². The summed E-state index contributed by atoms with van der Waals surface area (Å²) in [5, 5.41) is 2.66. The lowest BCUT2D eigenvalue weighted by molar-refractivity contribution is 0.567. The zero-order valence-corrected chi connectivity index (χ0v) is 15.3. The average molecular weight is 326 g/mol. The lowest BCUT2D eigenvalue weighted by atomic mass is 9.93. The van der Waals surface area contributed by atoms with E-state index in [1.54, 1.807) is 5.57 Å². The van der Waals surface area contributed by atoms with Gasteiger partial charge >= 0.3 is 0 Å². The van der Waals surface area contributed by atoms with Crippen molar-refractivity contribution >= 4 is 16.8 Å². The van der Waals surface area contributed by atoms with E-state index in [0.29, 0.717) is 5.92 Å². The lowest BCUT2D eigenvalue weighted by Gasteiger charge is -2.11. The predicted octanol–water partition coefficient (Wildman–Crippen LogP) is 7.27. The van der Waals surface area contributed by atoms with Gasteiger partial charge in [0.15, 0.2) is 0 Å². The van der Waals surface area contributed by atoms with E-state index in [0.717, 1.165) is 6.42 Å². The Labute approximate surface area is 151 Å². The summed E-state index contributed by atoms with van der Waals surface area (Å²) in [5.74, 6) is 0.688. The Hall–Kier alpha value is -2.34. The maximum Gasteiger partial charge on any atom is -0.00549 e. The topological polar surface area (TPSA) is 0 Å². The van der Waals surface area contributed by atoms with Gasteiger partial charge in [0.2, 0.25) is 0 Å². The van der Waals surface area contributed by atoms with Crippen molar-refractivity contribution in [2.75, 3.05) is 0 Å². The van der Waals surface area contributed by atoms with Crippen LogP contribution in [0.5, 0.6) is 0 Å². The molecule has 1 atom stereocenters. The third-order valence-corrected chi connectivity index (χ3v) is 5.62. The van der Waals surface area contributed by atoms with Gasteiger partial charge in [0.25, 0.3) is 0 Å². The van der Waals surface area contributed by atoms with Gasteiger partial charge in [-0.15, -0.1) is 0 Å². The molecule has 0 aromatic heterocycles. The van der Waals surface area contributed by atoms with Crippen molar-refractivity contribution in [3.05, 3.63) is 77.4 Å². The summed E-state index contributed by atoms with van der Waals surface area (Å²) < 4.78 is 0. The first-order valence-electron chi connectivity index (χ1n) is 9.58. The summed E-state index contributed by atoms with van der Waals surface area (Å²) in [4.78, 5) is 0. The maximum atomic E-state index is 2.48. The molecule has 0 heteroatoms. The van der Waals surface area contributed by atoms with Crippen molar-refractivity contribution < 1.29 is 0 Å². The molecule has 0 fully saturated rings. The van der Waals surface area contributed by atoms with Crippen molar-refractivity contribution in [3.8, 4) is 11.1 Å². The first-order chi connectivity index (χ1) is 12.3. The first kappa shape index (κ1) is 16.1. The highest BCUT2D eigenvalue weighted by Crippen LogP contribution is 2.39. The van der Waals surface area contributed by atoms with Crippen molar-refractivity contribution in [3.63, 3.8) is 0 Å². The van der Waals surface area contributed by atoms with Gasteiger partial charge in [-0.05, 0) is 51.8 Å². The Morgan fingerprint density at radius 3 is 2.52 bits per heavy atom. The molecule has 1 aliphatic rings. The molecule has 4 rings (SSSR count). The molecule has 0 amide bonds. The molecule has 25 heavy (non-hydrogen) atoms. The van der Waals surface area contributed by atoms with E-state index in [-0.39, 0.29) is 0 Å². The monoisotopic (exact) mass is 326 g/mol. The number of hydrogen-bond acceptors (Lipinski definition) is 0. The highest BCUT2D eigenvalue weighted by molar-refractivity contribution is 5.99. The van der Waals surface area contributed by atoms with E-state index >= 15 is 0 Å². The molecule has 0 saturated carbocycles. The molecule has 126 valence electrons. The predicted molar refractivity (Wildman–Crippen MR) is 110 cm³/mol. The molecule has 0 bridgehead atoms. The fourth-order valence-electron chi connectivity index (χ4n) is 4.10. The van der Waals surface area contributed by atoms with Crippen LogP contribution in [0.1, 0.15) is 44.2 Å². The quantitative estimate of drug-likeness (QED) is 0.462. The fraction of sp³-hybridized carbons (Fsp3) is 0.280. The normalized spacial score (nSPS) is 14.4. The van der Waals surface area contributed by atoms with Gasteiger partial charge in [0, 0.05) is 0 Å². The average Bonchev–Trinajstić information content (AvgIpc) is 3.10. The molecular weight excluding hydrogens is 300 g/mol. The summed E-state index contributed by atoms with van der Waals surface area (Å²) in [5.41, 5.74) is 7.28. The second-order valence-electron chi connectivity index (χ2n) is 7.34. The summed E-state index contributed by atoms with van der Waals surface area (Å²) in [7, 11) is 0. The molecule has 3 aromatic carbocycles. The van der Waals surface area contributed by atoms with Gasteiger partial charge in [0.1, 0.15) is 0 Å². The highest BCUT2D eigenvalue weighted by Gasteiger charge is 2.20. The zero-order chi connectivity index (χ0) is 17.2. The Morgan fingerprint density at radius 1 is 0.880 bits per heavy atom. The lowest BCUT2D eigenvalue weighted by Crippen LogP contribution is -1.99. The number of allylic oxidation sites excluding steroid dienone is 1. The van der Waals surface area contributed by atoms with E-state index in [9.17, 15) is 0 Å². The van der Waals surface area contributed by atoms with Gasteiger partial charge in [-0.1, -0.05) is 99.0 Å². The molecule has 0 saturated heterocycles. The first-order valence-corrected chi connectivity index (χ1v) is 9.58. The van der Waals surface area contributed by atoms with Crippen LogP contribution in [0.15, 0.2) is 66.2 Å². The Balaban J connectivity index is 1.79. The molecule has 0 spiro atoms. The molecule has 1 aliphatic carbocycles. The molecule has 3 aromatic rings. The number of benzene rings is 3. The second kappa shape index (κ2) is 6.88. The minimum atomic E-state index is 0.688. The largest absolute Gasteiger partial charge is 0.0654 e. The van der Waals surface area contributed by atoms with Gasteiger partial charge in [-0.2, -0.15) is 0 Å². The van der Waals surface area contributed by atoms with Crippen LogP contribution in [-0.4, -0.2) is 0 Å². The number of hydrogen-bond donors (Lipinski definition) is 0. The van der Waals surface area contributed by atoms with Crippen LogP contribution in [0.2, 0.25) is 0 Å².